The first-order valence-electron chi connectivity index (χ1n) is 7.44. The van der Waals surface area contributed by atoms with Crippen LogP contribution in [0.2, 0.25) is 0 Å². The number of amides is 1. The van der Waals surface area contributed by atoms with Crippen LogP contribution in [-0.2, 0) is 11.3 Å². The zero-order valence-electron chi connectivity index (χ0n) is 12.4. The minimum absolute atomic E-state index is 0.0553. The van der Waals surface area contributed by atoms with E-state index in [4.69, 9.17) is 5.73 Å². The molecule has 1 aliphatic heterocycles. The number of carbonyl (C=O) groups is 1. The second-order valence-electron chi connectivity index (χ2n) is 5.75. The Hall–Kier alpha value is -1.39. The Morgan fingerprint density at radius 1 is 1.35 bits per heavy atom. The van der Waals surface area contributed by atoms with Crippen LogP contribution in [0.4, 0.5) is 5.69 Å². The number of benzene rings is 1. The molecule has 0 saturated carbocycles. The quantitative estimate of drug-likeness (QED) is 0.887. The highest BCUT2D eigenvalue weighted by atomic mass is 16.2. The van der Waals surface area contributed by atoms with Crippen molar-refractivity contribution in [3.8, 4) is 0 Å². The molecule has 110 valence electrons. The fourth-order valence-corrected chi connectivity index (χ4v) is 2.93. The van der Waals surface area contributed by atoms with Gasteiger partial charge < -0.3 is 11.1 Å². The van der Waals surface area contributed by atoms with Crippen LogP contribution in [0.25, 0.3) is 0 Å². The third-order valence-electron chi connectivity index (χ3n) is 4.15. The number of piperidine rings is 1. The van der Waals surface area contributed by atoms with Gasteiger partial charge in [-0.3, -0.25) is 9.69 Å². The van der Waals surface area contributed by atoms with Crippen molar-refractivity contribution in [3.63, 3.8) is 0 Å². The van der Waals surface area contributed by atoms with Crippen LogP contribution in [-0.4, -0.2) is 29.4 Å². The van der Waals surface area contributed by atoms with Gasteiger partial charge >= 0.3 is 0 Å². The summed E-state index contributed by atoms with van der Waals surface area (Å²) >= 11 is 0. The first-order chi connectivity index (χ1) is 9.60. The molecule has 0 aromatic heterocycles. The summed E-state index contributed by atoms with van der Waals surface area (Å²) in [7, 11) is 0. The largest absolute Gasteiger partial charge is 0.326 e. The molecule has 2 unspecified atom stereocenters. The number of hydrogen-bond acceptors (Lipinski definition) is 3. The van der Waals surface area contributed by atoms with E-state index < -0.39 is 0 Å². The molecule has 1 heterocycles. The molecule has 4 nitrogen and oxygen atoms in total. The normalized spacial score (nSPS) is 23.6. The minimum atomic E-state index is 0.0553. The Balaban J connectivity index is 1.94. The van der Waals surface area contributed by atoms with E-state index in [2.05, 4.69) is 24.1 Å². The fourth-order valence-electron chi connectivity index (χ4n) is 2.93. The van der Waals surface area contributed by atoms with Gasteiger partial charge in [-0.2, -0.15) is 0 Å². The molecule has 1 aromatic carbocycles. The van der Waals surface area contributed by atoms with Crippen molar-refractivity contribution >= 4 is 11.6 Å². The predicted octanol–water partition coefficient (Wildman–Crippen LogP) is 2.35. The van der Waals surface area contributed by atoms with Gasteiger partial charge in [0.25, 0.3) is 0 Å². The lowest BCUT2D eigenvalue weighted by Gasteiger charge is -2.38. The summed E-state index contributed by atoms with van der Waals surface area (Å²) in [5.74, 6) is 0.0553. The number of nitrogens with two attached hydrogens (primary N) is 1. The van der Waals surface area contributed by atoms with E-state index in [0.29, 0.717) is 25.2 Å². The molecule has 3 N–H and O–H groups in total. The molecule has 0 radical (unpaired) electrons. The molecule has 2 atom stereocenters. The summed E-state index contributed by atoms with van der Waals surface area (Å²) in [6, 6.07) is 8.69. The topological polar surface area (TPSA) is 58.4 Å². The van der Waals surface area contributed by atoms with E-state index in [0.717, 1.165) is 11.3 Å². The SMILES string of the molecule is CC1CCCC(C)N1CC(=O)Nc1cccc(CN)c1. The predicted molar refractivity (Wildman–Crippen MR) is 82.4 cm³/mol. The van der Waals surface area contributed by atoms with E-state index >= 15 is 0 Å². The first kappa shape index (κ1) is 15.0. The third-order valence-corrected chi connectivity index (χ3v) is 4.15. The first-order valence-corrected chi connectivity index (χ1v) is 7.44. The van der Waals surface area contributed by atoms with Crippen LogP contribution < -0.4 is 11.1 Å². The van der Waals surface area contributed by atoms with Crippen molar-refractivity contribution in [1.82, 2.24) is 4.90 Å². The van der Waals surface area contributed by atoms with Gasteiger partial charge in [0, 0.05) is 24.3 Å². The van der Waals surface area contributed by atoms with Crippen LogP contribution in [0.5, 0.6) is 0 Å². The molecule has 20 heavy (non-hydrogen) atoms. The molecular formula is C16H25N3O. The van der Waals surface area contributed by atoms with Gasteiger partial charge in [0.2, 0.25) is 5.91 Å². The highest BCUT2D eigenvalue weighted by Gasteiger charge is 2.26. The van der Waals surface area contributed by atoms with Crippen molar-refractivity contribution < 1.29 is 4.79 Å². The summed E-state index contributed by atoms with van der Waals surface area (Å²) < 4.78 is 0. The number of nitrogens with one attached hydrogen (secondary N) is 1. The summed E-state index contributed by atoms with van der Waals surface area (Å²) in [6.45, 7) is 5.37. The Morgan fingerprint density at radius 2 is 2.05 bits per heavy atom. The average molecular weight is 275 g/mol. The summed E-state index contributed by atoms with van der Waals surface area (Å²) in [5, 5.41) is 2.97. The zero-order valence-corrected chi connectivity index (χ0v) is 12.4. The average Bonchev–Trinajstić information content (AvgIpc) is 2.43. The fraction of sp³-hybridized carbons (Fsp3) is 0.562. The highest BCUT2D eigenvalue weighted by Crippen LogP contribution is 2.22. The van der Waals surface area contributed by atoms with E-state index in [1.807, 2.05) is 24.3 Å². The number of nitrogens with zero attached hydrogens (tertiary/aromatic N) is 1. The van der Waals surface area contributed by atoms with Crippen molar-refractivity contribution in [2.75, 3.05) is 11.9 Å². The van der Waals surface area contributed by atoms with Crippen molar-refractivity contribution in [1.29, 1.82) is 0 Å². The highest BCUT2D eigenvalue weighted by molar-refractivity contribution is 5.92. The zero-order chi connectivity index (χ0) is 14.5. The molecule has 1 saturated heterocycles. The monoisotopic (exact) mass is 275 g/mol. The van der Waals surface area contributed by atoms with Gasteiger partial charge in [0.15, 0.2) is 0 Å². The standard InChI is InChI=1S/C16H25N3O/c1-12-5-3-6-13(2)19(12)11-16(20)18-15-8-4-7-14(9-15)10-17/h4,7-9,12-13H,3,5-6,10-11,17H2,1-2H3,(H,18,20). The number of anilines is 1. The Bertz CT molecular complexity index is 451. The van der Waals surface area contributed by atoms with Gasteiger partial charge in [-0.1, -0.05) is 18.6 Å². The molecule has 1 fully saturated rings. The molecule has 4 heteroatoms. The minimum Gasteiger partial charge on any atom is -0.326 e. The second-order valence-corrected chi connectivity index (χ2v) is 5.75. The maximum Gasteiger partial charge on any atom is 0.238 e. The Morgan fingerprint density at radius 3 is 2.70 bits per heavy atom. The van der Waals surface area contributed by atoms with E-state index in [1.165, 1.54) is 19.3 Å². The summed E-state index contributed by atoms with van der Waals surface area (Å²) in [5.41, 5.74) is 7.47. The Labute approximate surface area is 121 Å². The molecule has 2 rings (SSSR count). The maximum absolute atomic E-state index is 12.2. The summed E-state index contributed by atoms with van der Waals surface area (Å²) in [6.07, 6.45) is 3.62. The maximum atomic E-state index is 12.2. The van der Waals surface area contributed by atoms with Crippen LogP contribution >= 0.6 is 0 Å². The van der Waals surface area contributed by atoms with Crippen molar-refractivity contribution in [3.05, 3.63) is 29.8 Å². The molecule has 1 aliphatic rings. The molecule has 1 amide bonds. The molecule has 1 aromatic rings. The lowest BCUT2D eigenvalue weighted by molar-refractivity contribution is -0.118. The Kier molecular flexibility index (Phi) is 5.15. The smallest absolute Gasteiger partial charge is 0.238 e. The molecule has 0 spiro atoms. The molecule has 0 aliphatic carbocycles. The summed E-state index contributed by atoms with van der Waals surface area (Å²) in [4.78, 5) is 14.5. The molecule has 0 bridgehead atoms. The van der Waals surface area contributed by atoms with Crippen LogP contribution in [0.1, 0.15) is 38.7 Å². The van der Waals surface area contributed by atoms with Crippen LogP contribution in [0.15, 0.2) is 24.3 Å². The lowest BCUT2D eigenvalue weighted by atomic mass is 9.97. The number of rotatable bonds is 4. The van der Waals surface area contributed by atoms with Crippen LogP contribution in [0, 0.1) is 0 Å². The van der Waals surface area contributed by atoms with Crippen molar-refractivity contribution in [2.45, 2.75) is 51.7 Å². The van der Waals surface area contributed by atoms with Gasteiger partial charge in [0.05, 0.1) is 6.54 Å². The number of hydrogen-bond donors (Lipinski definition) is 2. The molecular weight excluding hydrogens is 250 g/mol. The van der Waals surface area contributed by atoms with Gasteiger partial charge in [-0.15, -0.1) is 0 Å². The van der Waals surface area contributed by atoms with E-state index in [1.54, 1.807) is 0 Å². The van der Waals surface area contributed by atoms with E-state index in [-0.39, 0.29) is 5.91 Å². The van der Waals surface area contributed by atoms with Crippen LogP contribution in [0.3, 0.4) is 0 Å². The van der Waals surface area contributed by atoms with Gasteiger partial charge in [-0.05, 0) is 44.4 Å². The number of likely N-dealkylation sites (tertiary alicyclic amines) is 1. The second kappa shape index (κ2) is 6.86. The van der Waals surface area contributed by atoms with Crippen molar-refractivity contribution in [2.24, 2.45) is 5.73 Å². The third kappa shape index (κ3) is 3.81. The number of carbonyl (C=O) groups excluding carboxylic acids is 1. The lowest BCUT2D eigenvalue weighted by Crippen LogP contribution is -2.47. The van der Waals surface area contributed by atoms with E-state index in [9.17, 15) is 4.79 Å². The van der Waals surface area contributed by atoms with Gasteiger partial charge in [-0.25, -0.2) is 0 Å². The van der Waals surface area contributed by atoms with Gasteiger partial charge in [0.1, 0.15) is 0 Å².